The maximum atomic E-state index is 11.3. The topological polar surface area (TPSA) is 42.7 Å². The van der Waals surface area contributed by atoms with Crippen molar-refractivity contribution < 1.29 is 14.0 Å². The lowest BCUT2D eigenvalue weighted by Gasteiger charge is -2.11. The van der Waals surface area contributed by atoms with Crippen LogP contribution in [0.15, 0.2) is 16.7 Å². The molecule has 0 fully saturated rings. The molecule has 1 aromatic heterocycles. The van der Waals surface area contributed by atoms with Gasteiger partial charge in [0.25, 0.3) is 5.91 Å². The minimum absolute atomic E-state index is 0.214. The minimum atomic E-state index is -0.214. The number of amides is 1. The van der Waals surface area contributed by atoms with Crippen LogP contribution < -0.4 is 0 Å². The average molecular weight is 169 g/mol. The van der Waals surface area contributed by atoms with Crippen molar-refractivity contribution in [1.82, 2.24) is 5.06 Å². The Kier molecular flexibility index (Phi) is 2.50. The van der Waals surface area contributed by atoms with E-state index in [1.165, 1.54) is 13.4 Å². The quantitative estimate of drug-likeness (QED) is 0.625. The second kappa shape index (κ2) is 3.40. The van der Waals surface area contributed by atoms with Crippen molar-refractivity contribution in [2.75, 3.05) is 14.2 Å². The number of hydroxylamine groups is 2. The molecule has 0 aromatic carbocycles. The normalized spacial score (nSPS) is 9.92. The fourth-order valence-electron chi connectivity index (χ4n) is 0.820. The molecule has 0 saturated heterocycles. The lowest BCUT2D eigenvalue weighted by molar-refractivity contribution is -0.0757. The summed E-state index contributed by atoms with van der Waals surface area (Å²) in [5.74, 6) is 0.497. The Hall–Kier alpha value is -1.29. The van der Waals surface area contributed by atoms with E-state index in [-0.39, 0.29) is 5.91 Å². The number of furan rings is 1. The van der Waals surface area contributed by atoms with E-state index in [1.807, 2.05) is 0 Å². The first-order chi connectivity index (χ1) is 5.65. The molecule has 0 N–H and O–H groups in total. The van der Waals surface area contributed by atoms with Gasteiger partial charge in [0.15, 0.2) is 0 Å². The third-order valence-corrected chi connectivity index (χ3v) is 1.54. The third kappa shape index (κ3) is 1.65. The molecule has 1 amide bonds. The smallest absolute Gasteiger partial charge is 0.280 e. The van der Waals surface area contributed by atoms with Crippen LogP contribution in [0.3, 0.4) is 0 Å². The van der Waals surface area contributed by atoms with Crippen molar-refractivity contribution in [2.24, 2.45) is 0 Å². The standard InChI is InChI=1S/C8H11NO3/c1-6-4-7(5-12-6)8(10)9(2)11-3/h4-5H,1-3H3. The van der Waals surface area contributed by atoms with Crippen LogP contribution in [0.5, 0.6) is 0 Å². The molecule has 0 unspecified atom stereocenters. The number of hydrogen-bond acceptors (Lipinski definition) is 3. The van der Waals surface area contributed by atoms with Crippen LogP contribution in [-0.4, -0.2) is 25.1 Å². The summed E-state index contributed by atoms with van der Waals surface area (Å²) in [4.78, 5) is 16.0. The van der Waals surface area contributed by atoms with Gasteiger partial charge in [0.05, 0.1) is 12.7 Å². The van der Waals surface area contributed by atoms with Crippen LogP contribution in [0.4, 0.5) is 0 Å². The predicted octanol–water partition coefficient (Wildman–Crippen LogP) is 1.22. The van der Waals surface area contributed by atoms with Crippen LogP contribution in [-0.2, 0) is 4.84 Å². The summed E-state index contributed by atoms with van der Waals surface area (Å²) in [5, 5.41) is 1.14. The van der Waals surface area contributed by atoms with Gasteiger partial charge in [-0.05, 0) is 13.0 Å². The summed E-state index contributed by atoms with van der Waals surface area (Å²) in [5.41, 5.74) is 0.497. The van der Waals surface area contributed by atoms with E-state index in [2.05, 4.69) is 0 Å². The Labute approximate surface area is 70.7 Å². The number of aryl methyl sites for hydroxylation is 1. The van der Waals surface area contributed by atoms with Gasteiger partial charge in [-0.1, -0.05) is 0 Å². The molecule has 1 aromatic rings. The molecule has 12 heavy (non-hydrogen) atoms. The van der Waals surface area contributed by atoms with E-state index in [0.717, 1.165) is 5.06 Å². The van der Waals surface area contributed by atoms with E-state index in [4.69, 9.17) is 9.25 Å². The summed E-state index contributed by atoms with van der Waals surface area (Å²) < 4.78 is 4.98. The van der Waals surface area contributed by atoms with Gasteiger partial charge in [-0.2, -0.15) is 0 Å². The van der Waals surface area contributed by atoms with Gasteiger partial charge in [-0.15, -0.1) is 0 Å². The van der Waals surface area contributed by atoms with Gasteiger partial charge < -0.3 is 4.42 Å². The first-order valence-electron chi connectivity index (χ1n) is 3.52. The summed E-state index contributed by atoms with van der Waals surface area (Å²) in [6.07, 6.45) is 1.41. The second-order valence-corrected chi connectivity index (χ2v) is 2.43. The van der Waals surface area contributed by atoms with Gasteiger partial charge in [-0.3, -0.25) is 9.63 Å². The fraction of sp³-hybridized carbons (Fsp3) is 0.375. The molecule has 1 heterocycles. The highest BCUT2D eigenvalue weighted by Crippen LogP contribution is 2.08. The molecule has 1 rings (SSSR count). The SMILES string of the molecule is CON(C)C(=O)c1coc(C)c1. The Morgan fingerprint density at radius 2 is 2.33 bits per heavy atom. The van der Waals surface area contributed by atoms with Crippen molar-refractivity contribution in [2.45, 2.75) is 6.92 Å². The van der Waals surface area contributed by atoms with Crippen molar-refractivity contribution >= 4 is 5.91 Å². The summed E-state index contributed by atoms with van der Waals surface area (Å²) >= 11 is 0. The molecule has 0 spiro atoms. The van der Waals surface area contributed by atoms with Crippen LogP contribution in [0.1, 0.15) is 16.1 Å². The zero-order valence-corrected chi connectivity index (χ0v) is 7.33. The fourth-order valence-corrected chi connectivity index (χ4v) is 0.820. The maximum Gasteiger partial charge on any atom is 0.280 e. The molecule has 0 bridgehead atoms. The van der Waals surface area contributed by atoms with Crippen LogP contribution in [0, 0.1) is 6.92 Å². The minimum Gasteiger partial charge on any atom is -0.469 e. The summed E-state index contributed by atoms with van der Waals surface area (Å²) in [7, 11) is 2.98. The monoisotopic (exact) mass is 169 g/mol. The number of rotatable bonds is 2. The first kappa shape index (κ1) is 8.80. The Morgan fingerprint density at radius 1 is 1.67 bits per heavy atom. The maximum absolute atomic E-state index is 11.3. The van der Waals surface area contributed by atoms with Crippen LogP contribution in [0.25, 0.3) is 0 Å². The predicted molar refractivity (Wildman–Crippen MR) is 42.5 cm³/mol. The highest BCUT2D eigenvalue weighted by Gasteiger charge is 2.12. The highest BCUT2D eigenvalue weighted by atomic mass is 16.7. The van der Waals surface area contributed by atoms with E-state index in [1.54, 1.807) is 20.0 Å². The van der Waals surface area contributed by atoms with Gasteiger partial charge in [-0.25, -0.2) is 5.06 Å². The van der Waals surface area contributed by atoms with Gasteiger partial charge in [0.1, 0.15) is 12.0 Å². The summed E-state index contributed by atoms with van der Waals surface area (Å²) in [6.45, 7) is 1.78. The molecule has 66 valence electrons. The van der Waals surface area contributed by atoms with E-state index in [0.29, 0.717) is 11.3 Å². The Balaban J connectivity index is 2.78. The molecule has 0 aliphatic rings. The summed E-state index contributed by atoms with van der Waals surface area (Å²) in [6, 6.07) is 1.66. The molecule has 4 heteroatoms. The second-order valence-electron chi connectivity index (χ2n) is 2.43. The largest absolute Gasteiger partial charge is 0.469 e. The molecule has 0 aliphatic heterocycles. The zero-order valence-electron chi connectivity index (χ0n) is 7.33. The molecule has 4 nitrogen and oxygen atoms in total. The van der Waals surface area contributed by atoms with E-state index < -0.39 is 0 Å². The molecular formula is C8H11NO3. The number of nitrogens with zero attached hydrogens (tertiary/aromatic N) is 1. The van der Waals surface area contributed by atoms with Gasteiger partial charge >= 0.3 is 0 Å². The zero-order chi connectivity index (χ0) is 9.14. The van der Waals surface area contributed by atoms with E-state index >= 15 is 0 Å². The van der Waals surface area contributed by atoms with Crippen molar-refractivity contribution in [1.29, 1.82) is 0 Å². The number of hydrogen-bond donors (Lipinski definition) is 0. The molecule has 0 atom stereocenters. The van der Waals surface area contributed by atoms with Crippen molar-refractivity contribution in [3.63, 3.8) is 0 Å². The average Bonchev–Trinajstić information content (AvgIpc) is 2.49. The molecular weight excluding hydrogens is 158 g/mol. The lowest BCUT2D eigenvalue weighted by Crippen LogP contribution is -2.24. The van der Waals surface area contributed by atoms with Crippen molar-refractivity contribution in [3.8, 4) is 0 Å². The molecule has 0 aliphatic carbocycles. The molecule has 0 saturated carbocycles. The van der Waals surface area contributed by atoms with E-state index in [9.17, 15) is 4.79 Å². The Morgan fingerprint density at radius 3 is 2.75 bits per heavy atom. The Bertz CT molecular complexity index is 280. The van der Waals surface area contributed by atoms with Gasteiger partial charge in [0, 0.05) is 7.05 Å². The highest BCUT2D eigenvalue weighted by molar-refractivity contribution is 5.93. The molecule has 0 radical (unpaired) electrons. The van der Waals surface area contributed by atoms with Crippen molar-refractivity contribution in [3.05, 3.63) is 23.7 Å². The van der Waals surface area contributed by atoms with Gasteiger partial charge in [0.2, 0.25) is 0 Å². The van der Waals surface area contributed by atoms with Crippen LogP contribution in [0.2, 0.25) is 0 Å². The van der Waals surface area contributed by atoms with Crippen LogP contribution >= 0.6 is 0 Å². The number of carbonyl (C=O) groups excluding carboxylic acids is 1. The third-order valence-electron chi connectivity index (χ3n) is 1.54. The lowest BCUT2D eigenvalue weighted by atomic mass is 10.3. The number of carbonyl (C=O) groups is 1. The first-order valence-corrected chi connectivity index (χ1v) is 3.52.